The Bertz CT molecular complexity index is 1010. The van der Waals surface area contributed by atoms with Crippen molar-refractivity contribution in [2.45, 2.75) is 6.54 Å². The lowest BCUT2D eigenvalue weighted by Gasteiger charge is -2.11. The predicted octanol–water partition coefficient (Wildman–Crippen LogP) is 0.851. The first kappa shape index (κ1) is 19.4. The summed E-state index contributed by atoms with van der Waals surface area (Å²) in [6.07, 6.45) is 1.10. The van der Waals surface area contributed by atoms with Gasteiger partial charge in [-0.2, -0.15) is 9.78 Å². The standard InChI is InChI=1S/C15H15ClFN9O2/c1-25(2)7-11-12(20-24-26(11)14-13(18)22-28-23-14)15(27)21-19-6-8-9(16)4-3-5-10(8)17/h3-6H,7H2,1-2H3,(H2,18,22)(H,21,27). The zero-order chi connectivity index (χ0) is 20.3. The van der Waals surface area contributed by atoms with Gasteiger partial charge in [0, 0.05) is 12.1 Å². The number of halogens is 2. The highest BCUT2D eigenvalue weighted by molar-refractivity contribution is 6.33. The SMILES string of the molecule is CN(C)Cc1c(C(=O)NN=Cc2c(F)cccc2Cl)nnn1-c1nonc1N. The maximum Gasteiger partial charge on any atom is 0.293 e. The molecule has 0 aliphatic rings. The average Bonchev–Trinajstić information content (AvgIpc) is 3.22. The van der Waals surface area contributed by atoms with Gasteiger partial charge in [-0.25, -0.2) is 14.4 Å². The first-order chi connectivity index (χ1) is 13.4. The summed E-state index contributed by atoms with van der Waals surface area (Å²) < 4.78 is 19.6. The molecule has 0 saturated carbocycles. The second-order valence-electron chi connectivity index (χ2n) is 5.84. The highest BCUT2D eigenvalue weighted by atomic mass is 35.5. The van der Waals surface area contributed by atoms with Gasteiger partial charge in [0.2, 0.25) is 11.6 Å². The molecular formula is C15H15ClFN9O2. The van der Waals surface area contributed by atoms with Crippen LogP contribution in [0.2, 0.25) is 5.02 Å². The fourth-order valence-corrected chi connectivity index (χ4v) is 2.48. The van der Waals surface area contributed by atoms with Crippen LogP contribution in [0, 0.1) is 5.82 Å². The Morgan fingerprint density at radius 1 is 1.46 bits per heavy atom. The molecule has 3 rings (SSSR count). The summed E-state index contributed by atoms with van der Waals surface area (Å²) in [6, 6.07) is 4.20. The molecule has 0 unspecified atom stereocenters. The third-order valence-corrected chi connectivity index (χ3v) is 3.83. The number of nitrogen functional groups attached to an aromatic ring is 1. The van der Waals surface area contributed by atoms with Crippen LogP contribution in [0.15, 0.2) is 27.9 Å². The number of carbonyl (C=O) groups excluding carboxylic acids is 1. The van der Waals surface area contributed by atoms with Gasteiger partial charge in [-0.3, -0.25) is 4.79 Å². The van der Waals surface area contributed by atoms with Gasteiger partial charge >= 0.3 is 0 Å². The number of hydrogen-bond acceptors (Lipinski definition) is 9. The lowest BCUT2D eigenvalue weighted by molar-refractivity contribution is 0.0948. The fraction of sp³-hybridized carbons (Fsp3) is 0.200. The van der Waals surface area contributed by atoms with Crippen LogP contribution < -0.4 is 11.2 Å². The van der Waals surface area contributed by atoms with E-state index in [0.717, 1.165) is 6.21 Å². The van der Waals surface area contributed by atoms with Crippen molar-refractivity contribution in [3.8, 4) is 5.82 Å². The summed E-state index contributed by atoms with van der Waals surface area (Å²) in [6.45, 7) is 0.283. The van der Waals surface area contributed by atoms with E-state index >= 15 is 0 Å². The highest BCUT2D eigenvalue weighted by Gasteiger charge is 2.24. The summed E-state index contributed by atoms with van der Waals surface area (Å²) in [4.78, 5) is 14.3. The molecule has 0 bridgehead atoms. The van der Waals surface area contributed by atoms with Gasteiger partial charge in [-0.15, -0.1) is 5.10 Å². The molecule has 3 N–H and O–H groups in total. The summed E-state index contributed by atoms with van der Waals surface area (Å²) in [5, 5.41) is 18.8. The Kier molecular flexibility index (Phi) is 5.61. The smallest absolute Gasteiger partial charge is 0.293 e. The van der Waals surface area contributed by atoms with E-state index < -0.39 is 11.7 Å². The average molecular weight is 408 g/mol. The number of hydrazone groups is 1. The molecule has 0 saturated heterocycles. The summed E-state index contributed by atoms with van der Waals surface area (Å²) >= 11 is 5.91. The van der Waals surface area contributed by atoms with E-state index in [1.165, 1.54) is 22.9 Å². The van der Waals surface area contributed by atoms with Gasteiger partial charge in [-0.05, 0) is 36.5 Å². The van der Waals surface area contributed by atoms with E-state index in [-0.39, 0.29) is 34.5 Å². The van der Waals surface area contributed by atoms with E-state index in [2.05, 4.69) is 35.8 Å². The quantitative estimate of drug-likeness (QED) is 0.452. The molecule has 0 spiro atoms. The molecule has 0 radical (unpaired) electrons. The van der Waals surface area contributed by atoms with Crippen molar-refractivity contribution in [3.63, 3.8) is 0 Å². The predicted molar refractivity (Wildman–Crippen MR) is 97.5 cm³/mol. The van der Waals surface area contributed by atoms with Crippen molar-refractivity contribution in [2.75, 3.05) is 19.8 Å². The van der Waals surface area contributed by atoms with Gasteiger partial charge in [0.25, 0.3) is 5.91 Å². The van der Waals surface area contributed by atoms with Gasteiger partial charge in [0.15, 0.2) is 5.69 Å². The number of carbonyl (C=O) groups is 1. The monoisotopic (exact) mass is 407 g/mol. The normalized spacial score (nSPS) is 11.5. The third-order valence-electron chi connectivity index (χ3n) is 3.50. The molecule has 0 fully saturated rings. The number of rotatable bonds is 6. The third kappa shape index (κ3) is 3.97. The summed E-state index contributed by atoms with van der Waals surface area (Å²) in [5.41, 5.74) is 8.36. The number of benzene rings is 1. The Hall–Kier alpha value is -3.38. The van der Waals surface area contributed by atoms with Crippen molar-refractivity contribution < 1.29 is 13.8 Å². The number of nitrogens with zero attached hydrogens (tertiary/aromatic N) is 7. The van der Waals surface area contributed by atoms with Crippen LogP contribution >= 0.6 is 11.6 Å². The molecule has 1 amide bonds. The number of anilines is 1. The molecule has 13 heteroatoms. The van der Waals surface area contributed by atoms with Gasteiger partial charge < -0.3 is 10.6 Å². The maximum atomic E-state index is 13.8. The largest absolute Gasteiger partial charge is 0.378 e. The molecule has 3 aromatic rings. The van der Waals surface area contributed by atoms with Crippen LogP contribution in [0.3, 0.4) is 0 Å². The molecule has 146 valence electrons. The summed E-state index contributed by atoms with van der Waals surface area (Å²) in [7, 11) is 3.59. The minimum atomic E-state index is -0.665. The van der Waals surface area contributed by atoms with Crippen molar-refractivity contribution in [1.29, 1.82) is 0 Å². The highest BCUT2D eigenvalue weighted by Crippen LogP contribution is 2.18. The molecule has 0 aliphatic heterocycles. The zero-order valence-corrected chi connectivity index (χ0v) is 15.6. The van der Waals surface area contributed by atoms with Crippen molar-refractivity contribution in [1.82, 2.24) is 35.6 Å². The Morgan fingerprint density at radius 2 is 2.25 bits per heavy atom. The number of amides is 1. The van der Waals surface area contributed by atoms with E-state index in [1.807, 2.05) is 0 Å². The first-order valence-electron chi connectivity index (χ1n) is 7.83. The van der Waals surface area contributed by atoms with E-state index in [4.69, 9.17) is 17.3 Å². The molecule has 0 aliphatic carbocycles. The van der Waals surface area contributed by atoms with E-state index in [0.29, 0.717) is 5.69 Å². The number of hydrogen-bond donors (Lipinski definition) is 2. The molecule has 2 heterocycles. The van der Waals surface area contributed by atoms with Gasteiger partial charge in [0.05, 0.1) is 16.9 Å². The van der Waals surface area contributed by atoms with Crippen LogP contribution in [0.4, 0.5) is 10.2 Å². The number of nitrogens with one attached hydrogen (secondary N) is 1. The molecule has 11 nitrogen and oxygen atoms in total. The number of aromatic nitrogens is 5. The fourth-order valence-electron chi connectivity index (χ4n) is 2.27. The van der Waals surface area contributed by atoms with Crippen LogP contribution in [-0.4, -0.2) is 56.4 Å². The van der Waals surface area contributed by atoms with E-state index in [1.54, 1.807) is 19.0 Å². The van der Waals surface area contributed by atoms with Gasteiger partial charge in [-0.1, -0.05) is 22.9 Å². The molecule has 1 aromatic carbocycles. The molecule has 28 heavy (non-hydrogen) atoms. The second kappa shape index (κ2) is 8.10. The summed E-state index contributed by atoms with van der Waals surface area (Å²) in [5.74, 6) is -1.14. The maximum absolute atomic E-state index is 13.8. The van der Waals surface area contributed by atoms with Crippen LogP contribution in [0.5, 0.6) is 0 Å². The lowest BCUT2D eigenvalue weighted by atomic mass is 10.2. The molecule has 2 aromatic heterocycles. The zero-order valence-electron chi connectivity index (χ0n) is 14.8. The van der Waals surface area contributed by atoms with Crippen LogP contribution in [-0.2, 0) is 6.54 Å². The molecular weight excluding hydrogens is 393 g/mol. The van der Waals surface area contributed by atoms with Crippen LogP contribution in [0.1, 0.15) is 21.7 Å². The van der Waals surface area contributed by atoms with Gasteiger partial charge in [0.1, 0.15) is 5.82 Å². The van der Waals surface area contributed by atoms with Crippen molar-refractivity contribution in [2.24, 2.45) is 5.10 Å². The van der Waals surface area contributed by atoms with E-state index in [9.17, 15) is 9.18 Å². The van der Waals surface area contributed by atoms with Crippen molar-refractivity contribution >= 4 is 29.5 Å². The number of nitrogens with two attached hydrogens (primary N) is 1. The molecule has 0 atom stereocenters. The second-order valence-corrected chi connectivity index (χ2v) is 6.25. The Morgan fingerprint density at radius 3 is 2.89 bits per heavy atom. The Balaban J connectivity index is 1.86. The van der Waals surface area contributed by atoms with Crippen LogP contribution in [0.25, 0.3) is 5.82 Å². The topological polar surface area (TPSA) is 140 Å². The minimum Gasteiger partial charge on any atom is -0.378 e. The minimum absolute atomic E-state index is 0.0101. The first-order valence-corrected chi connectivity index (χ1v) is 8.21. The Labute approximate surface area is 162 Å². The lowest BCUT2D eigenvalue weighted by Crippen LogP contribution is -2.23. The van der Waals surface area contributed by atoms with Crippen molar-refractivity contribution in [3.05, 3.63) is 46.0 Å².